The molecule has 1 N–H and O–H groups in total. The molecule has 3 rings (SSSR count). The molecule has 1 aromatic rings. The standard InChI is InChI=1S/C24H34N2O3/c1-4-7-17-10-12-18(13-11-17)22(16(2)3)25-21(27)14-15-26-23(28)19-8-5-6-9-20(19)24(26)29/h10-13,16,19-20,22H,4-9,14-15H2,1-3H3,(H,25,27)/t19-,20+,22-/m1/s1. The molecule has 5 heteroatoms. The molecule has 3 atom stereocenters. The number of nitrogens with zero attached hydrogens (tertiary/aromatic N) is 1. The number of benzene rings is 1. The van der Waals surface area contributed by atoms with Gasteiger partial charge in [0.05, 0.1) is 17.9 Å². The van der Waals surface area contributed by atoms with E-state index >= 15 is 0 Å². The van der Waals surface area contributed by atoms with Crippen LogP contribution in [0.15, 0.2) is 24.3 Å². The predicted molar refractivity (Wildman–Crippen MR) is 113 cm³/mol. The summed E-state index contributed by atoms with van der Waals surface area (Å²) in [7, 11) is 0. The van der Waals surface area contributed by atoms with Gasteiger partial charge < -0.3 is 5.32 Å². The Morgan fingerprint density at radius 2 is 1.66 bits per heavy atom. The second kappa shape index (κ2) is 9.55. The number of likely N-dealkylation sites (tertiary alicyclic amines) is 1. The third kappa shape index (κ3) is 4.88. The molecule has 1 aliphatic heterocycles. The fourth-order valence-corrected chi connectivity index (χ4v) is 4.73. The van der Waals surface area contributed by atoms with E-state index in [1.165, 1.54) is 10.5 Å². The molecule has 3 amide bonds. The molecule has 1 aromatic carbocycles. The zero-order chi connectivity index (χ0) is 21.0. The van der Waals surface area contributed by atoms with Crippen LogP contribution in [0.2, 0.25) is 0 Å². The van der Waals surface area contributed by atoms with Gasteiger partial charge in [-0.15, -0.1) is 0 Å². The molecular weight excluding hydrogens is 364 g/mol. The average Bonchev–Trinajstić information content (AvgIpc) is 2.96. The second-order valence-corrected chi connectivity index (χ2v) is 8.86. The highest BCUT2D eigenvalue weighted by atomic mass is 16.2. The molecule has 0 aromatic heterocycles. The lowest BCUT2D eigenvalue weighted by molar-refractivity contribution is -0.140. The van der Waals surface area contributed by atoms with E-state index < -0.39 is 0 Å². The Hall–Kier alpha value is -2.17. The van der Waals surface area contributed by atoms with E-state index in [0.29, 0.717) is 0 Å². The van der Waals surface area contributed by atoms with Crippen molar-refractivity contribution in [1.29, 1.82) is 0 Å². The molecule has 0 unspecified atom stereocenters. The summed E-state index contributed by atoms with van der Waals surface area (Å²) in [4.78, 5) is 39.1. The maximum Gasteiger partial charge on any atom is 0.233 e. The molecule has 0 radical (unpaired) electrons. The summed E-state index contributed by atoms with van der Waals surface area (Å²) in [6.07, 6.45) is 5.97. The molecule has 0 bridgehead atoms. The van der Waals surface area contributed by atoms with Gasteiger partial charge >= 0.3 is 0 Å². The van der Waals surface area contributed by atoms with Gasteiger partial charge in [0.15, 0.2) is 0 Å². The highest BCUT2D eigenvalue weighted by Crippen LogP contribution is 2.38. The van der Waals surface area contributed by atoms with Crippen LogP contribution in [0.25, 0.3) is 0 Å². The van der Waals surface area contributed by atoms with Gasteiger partial charge in [-0.3, -0.25) is 19.3 Å². The smallest absolute Gasteiger partial charge is 0.233 e. The minimum atomic E-state index is -0.149. The third-order valence-electron chi connectivity index (χ3n) is 6.36. The Morgan fingerprint density at radius 3 is 2.17 bits per heavy atom. The maximum atomic E-state index is 12.6. The van der Waals surface area contributed by atoms with E-state index in [4.69, 9.17) is 0 Å². The van der Waals surface area contributed by atoms with Crippen molar-refractivity contribution in [1.82, 2.24) is 10.2 Å². The molecule has 1 saturated heterocycles. The Kier molecular flexibility index (Phi) is 7.09. The third-order valence-corrected chi connectivity index (χ3v) is 6.36. The number of fused-ring (bicyclic) bond motifs is 1. The van der Waals surface area contributed by atoms with Crippen molar-refractivity contribution < 1.29 is 14.4 Å². The number of carbonyl (C=O) groups is 3. The van der Waals surface area contributed by atoms with Crippen LogP contribution in [0.3, 0.4) is 0 Å². The molecule has 29 heavy (non-hydrogen) atoms. The first kappa shape index (κ1) is 21.5. The molecule has 5 nitrogen and oxygen atoms in total. The number of rotatable bonds is 8. The van der Waals surface area contributed by atoms with Crippen LogP contribution in [-0.4, -0.2) is 29.2 Å². The van der Waals surface area contributed by atoms with Gasteiger partial charge in [-0.2, -0.15) is 0 Å². The second-order valence-electron chi connectivity index (χ2n) is 8.86. The summed E-state index contributed by atoms with van der Waals surface area (Å²) >= 11 is 0. The van der Waals surface area contributed by atoms with Gasteiger partial charge in [0.2, 0.25) is 17.7 Å². The molecule has 2 fully saturated rings. The van der Waals surface area contributed by atoms with Crippen LogP contribution in [0.1, 0.15) is 76.5 Å². The first-order chi connectivity index (χ1) is 13.9. The van der Waals surface area contributed by atoms with Crippen molar-refractivity contribution in [3.05, 3.63) is 35.4 Å². The summed E-state index contributed by atoms with van der Waals surface area (Å²) in [5, 5.41) is 3.11. The first-order valence-corrected chi connectivity index (χ1v) is 11.2. The number of aryl methyl sites for hydroxylation is 1. The normalized spacial score (nSPS) is 22.7. The summed E-state index contributed by atoms with van der Waals surface area (Å²) in [5.41, 5.74) is 2.39. The largest absolute Gasteiger partial charge is 0.349 e. The highest BCUT2D eigenvalue weighted by Gasteiger charge is 2.47. The predicted octanol–water partition coefficient (Wildman–Crippen LogP) is 4.02. The number of imide groups is 1. The maximum absolute atomic E-state index is 12.6. The van der Waals surface area contributed by atoms with Crippen LogP contribution in [0.4, 0.5) is 0 Å². The van der Waals surface area contributed by atoms with E-state index in [1.54, 1.807) is 0 Å². The minimum absolute atomic E-state index is 0.0700. The number of hydrogen-bond donors (Lipinski definition) is 1. The number of carbonyl (C=O) groups excluding carboxylic acids is 3. The van der Waals surface area contributed by atoms with Gasteiger partial charge in [0, 0.05) is 13.0 Å². The van der Waals surface area contributed by atoms with Crippen LogP contribution in [-0.2, 0) is 20.8 Å². The van der Waals surface area contributed by atoms with Gasteiger partial charge in [0.25, 0.3) is 0 Å². The minimum Gasteiger partial charge on any atom is -0.349 e. The summed E-state index contributed by atoms with van der Waals surface area (Å²) in [5.74, 6) is -0.307. The van der Waals surface area contributed by atoms with Crippen LogP contribution < -0.4 is 5.32 Å². The topological polar surface area (TPSA) is 66.5 Å². The zero-order valence-corrected chi connectivity index (χ0v) is 17.9. The van der Waals surface area contributed by atoms with Gasteiger partial charge in [-0.25, -0.2) is 0 Å². The summed E-state index contributed by atoms with van der Waals surface area (Å²) in [6.45, 7) is 6.53. The van der Waals surface area contributed by atoms with Crippen LogP contribution in [0, 0.1) is 17.8 Å². The Bertz CT molecular complexity index is 717. The van der Waals surface area contributed by atoms with Crippen molar-refractivity contribution in [3.8, 4) is 0 Å². The van der Waals surface area contributed by atoms with Gasteiger partial charge in [-0.05, 0) is 36.3 Å². The van der Waals surface area contributed by atoms with Gasteiger partial charge in [0.1, 0.15) is 0 Å². The van der Waals surface area contributed by atoms with E-state index in [1.807, 2.05) is 0 Å². The van der Waals surface area contributed by atoms with E-state index in [0.717, 1.165) is 44.1 Å². The van der Waals surface area contributed by atoms with Crippen LogP contribution >= 0.6 is 0 Å². The fraction of sp³-hybridized carbons (Fsp3) is 0.625. The highest BCUT2D eigenvalue weighted by molar-refractivity contribution is 6.05. The number of hydrogen-bond acceptors (Lipinski definition) is 3. The quantitative estimate of drug-likeness (QED) is 0.673. The fourth-order valence-electron chi connectivity index (χ4n) is 4.73. The first-order valence-electron chi connectivity index (χ1n) is 11.2. The lowest BCUT2D eigenvalue weighted by atomic mass is 9.81. The monoisotopic (exact) mass is 398 g/mol. The molecule has 1 saturated carbocycles. The van der Waals surface area contributed by atoms with Crippen molar-refractivity contribution in [2.75, 3.05) is 6.54 Å². The molecule has 158 valence electrons. The van der Waals surface area contributed by atoms with Gasteiger partial charge in [-0.1, -0.05) is 64.3 Å². The van der Waals surface area contributed by atoms with Crippen molar-refractivity contribution in [2.45, 2.75) is 71.8 Å². The molecular formula is C24H34N2O3. The van der Waals surface area contributed by atoms with E-state index in [2.05, 4.69) is 50.4 Å². The summed E-state index contributed by atoms with van der Waals surface area (Å²) < 4.78 is 0. The lowest BCUT2D eigenvalue weighted by Crippen LogP contribution is -2.37. The Balaban J connectivity index is 1.58. The SMILES string of the molecule is CCCc1ccc([C@H](NC(=O)CCN2C(=O)[C@H]3CCCC[C@H]3C2=O)C(C)C)cc1. The average molecular weight is 399 g/mol. The molecule has 1 heterocycles. The van der Waals surface area contributed by atoms with Crippen LogP contribution in [0.5, 0.6) is 0 Å². The molecule has 1 aliphatic carbocycles. The number of amides is 3. The van der Waals surface area contributed by atoms with Crippen molar-refractivity contribution >= 4 is 17.7 Å². The number of nitrogens with one attached hydrogen (secondary N) is 1. The lowest BCUT2D eigenvalue weighted by Gasteiger charge is -2.24. The van der Waals surface area contributed by atoms with E-state index in [9.17, 15) is 14.4 Å². The molecule has 0 spiro atoms. The molecule has 2 aliphatic rings. The van der Waals surface area contributed by atoms with Crippen molar-refractivity contribution in [2.24, 2.45) is 17.8 Å². The zero-order valence-electron chi connectivity index (χ0n) is 17.9. The Labute approximate surface area is 174 Å². The summed E-state index contributed by atoms with van der Waals surface area (Å²) in [6, 6.07) is 8.36. The van der Waals surface area contributed by atoms with Crippen molar-refractivity contribution in [3.63, 3.8) is 0 Å². The van der Waals surface area contributed by atoms with E-state index in [-0.39, 0.29) is 54.5 Å². The Morgan fingerprint density at radius 1 is 1.07 bits per heavy atom.